The van der Waals surface area contributed by atoms with E-state index in [1.165, 1.54) is 6.42 Å². The van der Waals surface area contributed by atoms with Gasteiger partial charge in [0.1, 0.15) is 6.10 Å². The third-order valence-electron chi connectivity index (χ3n) is 4.15. The molecule has 0 aromatic carbocycles. The van der Waals surface area contributed by atoms with Crippen LogP contribution in [0.25, 0.3) is 0 Å². The molecule has 1 saturated carbocycles. The molecule has 0 amide bonds. The summed E-state index contributed by atoms with van der Waals surface area (Å²) in [6.45, 7) is 6.74. The molecular weight excluding hydrogens is 176 g/mol. The van der Waals surface area contributed by atoms with Gasteiger partial charge in [0.2, 0.25) is 0 Å². The van der Waals surface area contributed by atoms with Gasteiger partial charge >= 0.3 is 5.97 Å². The lowest BCUT2D eigenvalue weighted by molar-refractivity contribution is -0.143. The first-order valence-corrected chi connectivity index (χ1v) is 5.71. The van der Waals surface area contributed by atoms with Gasteiger partial charge in [-0.1, -0.05) is 20.8 Å². The minimum absolute atomic E-state index is 0.0157. The van der Waals surface area contributed by atoms with Crippen molar-refractivity contribution in [1.82, 2.24) is 0 Å². The summed E-state index contributed by atoms with van der Waals surface area (Å²) in [5, 5.41) is 0. The number of carbonyl (C=O) groups excluding carboxylic acids is 1. The number of carbonyl (C=O) groups is 1. The average Bonchev–Trinajstić information content (AvgIpc) is 2.37. The molecule has 2 aliphatic rings. The zero-order valence-electron chi connectivity index (χ0n) is 9.38. The summed E-state index contributed by atoms with van der Waals surface area (Å²) < 4.78 is 5.41. The van der Waals surface area contributed by atoms with Crippen molar-refractivity contribution >= 4 is 5.97 Å². The molecule has 0 spiro atoms. The monoisotopic (exact) mass is 196 g/mol. The largest absolute Gasteiger partial charge is 0.462 e. The quantitative estimate of drug-likeness (QED) is 0.603. The minimum atomic E-state index is 0.0157. The van der Waals surface area contributed by atoms with Gasteiger partial charge in [-0.05, 0) is 31.1 Å². The van der Waals surface area contributed by atoms with E-state index in [4.69, 9.17) is 4.74 Å². The standard InChI is InChI=1S/C12H20O2/c1-8(2)9-4-5-12(3)7-11(13)14-10(12)6-9/h8-10H,4-7H2,1-3H3/t9-,10-,12-/m1/s1. The van der Waals surface area contributed by atoms with Gasteiger partial charge in [-0.3, -0.25) is 4.79 Å². The lowest BCUT2D eigenvalue weighted by Gasteiger charge is -2.39. The molecule has 2 heteroatoms. The van der Waals surface area contributed by atoms with Crippen LogP contribution < -0.4 is 0 Å². The first-order chi connectivity index (χ1) is 6.51. The molecule has 0 bridgehead atoms. The predicted molar refractivity (Wildman–Crippen MR) is 54.8 cm³/mol. The molecule has 0 radical (unpaired) electrons. The lowest BCUT2D eigenvalue weighted by atomic mass is 9.67. The zero-order chi connectivity index (χ0) is 10.3. The molecule has 1 saturated heterocycles. The number of rotatable bonds is 1. The molecule has 1 aliphatic carbocycles. The second kappa shape index (κ2) is 3.25. The Morgan fingerprint density at radius 2 is 2.21 bits per heavy atom. The highest BCUT2D eigenvalue weighted by Crippen LogP contribution is 2.48. The predicted octanol–water partition coefficient (Wildman–Crippen LogP) is 2.76. The van der Waals surface area contributed by atoms with Gasteiger partial charge in [-0.25, -0.2) is 0 Å². The van der Waals surface area contributed by atoms with E-state index in [1.807, 2.05) is 0 Å². The van der Waals surface area contributed by atoms with E-state index in [-0.39, 0.29) is 17.5 Å². The molecule has 0 aromatic rings. The fraction of sp³-hybridized carbons (Fsp3) is 0.917. The molecule has 0 aromatic heterocycles. The Morgan fingerprint density at radius 3 is 2.86 bits per heavy atom. The van der Waals surface area contributed by atoms with E-state index in [2.05, 4.69) is 20.8 Å². The van der Waals surface area contributed by atoms with Crippen molar-refractivity contribution in [2.45, 2.75) is 52.6 Å². The van der Waals surface area contributed by atoms with Crippen LogP contribution in [0.15, 0.2) is 0 Å². The molecule has 0 N–H and O–H groups in total. The van der Waals surface area contributed by atoms with E-state index >= 15 is 0 Å². The normalized spacial score (nSPS) is 42.4. The van der Waals surface area contributed by atoms with Crippen LogP contribution in [-0.2, 0) is 9.53 Å². The first kappa shape index (κ1) is 10.0. The van der Waals surface area contributed by atoms with Crippen LogP contribution in [0.1, 0.15) is 46.5 Å². The molecule has 80 valence electrons. The van der Waals surface area contributed by atoms with E-state index in [9.17, 15) is 4.79 Å². The Hall–Kier alpha value is -0.530. The minimum Gasteiger partial charge on any atom is -0.462 e. The molecule has 2 fully saturated rings. The molecule has 1 aliphatic heterocycles. The summed E-state index contributed by atoms with van der Waals surface area (Å²) in [6.07, 6.45) is 4.35. The smallest absolute Gasteiger partial charge is 0.306 e. The van der Waals surface area contributed by atoms with Crippen molar-refractivity contribution < 1.29 is 9.53 Å². The van der Waals surface area contributed by atoms with Gasteiger partial charge in [0.25, 0.3) is 0 Å². The van der Waals surface area contributed by atoms with Crippen LogP contribution in [0, 0.1) is 17.3 Å². The summed E-state index contributed by atoms with van der Waals surface area (Å²) in [5.41, 5.74) is 0.155. The third kappa shape index (κ3) is 1.55. The van der Waals surface area contributed by atoms with E-state index in [1.54, 1.807) is 0 Å². The second-order valence-electron chi connectivity index (χ2n) is 5.59. The van der Waals surface area contributed by atoms with Crippen molar-refractivity contribution in [2.24, 2.45) is 17.3 Å². The Bertz CT molecular complexity index is 247. The fourth-order valence-corrected chi connectivity index (χ4v) is 2.88. The fourth-order valence-electron chi connectivity index (χ4n) is 2.88. The maximum absolute atomic E-state index is 11.3. The van der Waals surface area contributed by atoms with Crippen molar-refractivity contribution in [3.05, 3.63) is 0 Å². The lowest BCUT2D eigenvalue weighted by Crippen LogP contribution is -2.36. The molecule has 3 atom stereocenters. The molecule has 14 heavy (non-hydrogen) atoms. The van der Waals surface area contributed by atoms with Crippen LogP contribution in [0.5, 0.6) is 0 Å². The first-order valence-electron chi connectivity index (χ1n) is 5.71. The van der Waals surface area contributed by atoms with E-state index < -0.39 is 0 Å². The zero-order valence-corrected chi connectivity index (χ0v) is 9.38. The van der Waals surface area contributed by atoms with Crippen molar-refractivity contribution in [1.29, 1.82) is 0 Å². The summed E-state index contributed by atoms with van der Waals surface area (Å²) in [7, 11) is 0. The molecule has 2 rings (SSSR count). The number of hydrogen-bond acceptors (Lipinski definition) is 2. The van der Waals surface area contributed by atoms with Crippen LogP contribution in [0.4, 0.5) is 0 Å². The van der Waals surface area contributed by atoms with E-state index in [0.29, 0.717) is 6.42 Å². The number of ether oxygens (including phenoxy) is 1. The van der Waals surface area contributed by atoms with Crippen LogP contribution in [-0.4, -0.2) is 12.1 Å². The Kier molecular flexibility index (Phi) is 2.32. The summed E-state index contributed by atoms with van der Waals surface area (Å²) >= 11 is 0. The molecule has 0 unspecified atom stereocenters. The number of fused-ring (bicyclic) bond motifs is 1. The highest BCUT2D eigenvalue weighted by atomic mass is 16.6. The molecule has 2 nitrogen and oxygen atoms in total. The van der Waals surface area contributed by atoms with Gasteiger partial charge in [-0.15, -0.1) is 0 Å². The van der Waals surface area contributed by atoms with E-state index in [0.717, 1.165) is 24.7 Å². The van der Waals surface area contributed by atoms with Gasteiger partial charge < -0.3 is 4.74 Å². The van der Waals surface area contributed by atoms with Gasteiger partial charge in [0.15, 0.2) is 0 Å². The van der Waals surface area contributed by atoms with Crippen molar-refractivity contribution in [3.8, 4) is 0 Å². The molecule has 1 heterocycles. The maximum Gasteiger partial charge on any atom is 0.306 e. The topological polar surface area (TPSA) is 26.3 Å². The van der Waals surface area contributed by atoms with Crippen LogP contribution in [0.2, 0.25) is 0 Å². The summed E-state index contributed by atoms with van der Waals surface area (Å²) in [4.78, 5) is 11.3. The van der Waals surface area contributed by atoms with Crippen molar-refractivity contribution in [3.63, 3.8) is 0 Å². The second-order valence-corrected chi connectivity index (χ2v) is 5.59. The van der Waals surface area contributed by atoms with Gasteiger partial charge in [-0.2, -0.15) is 0 Å². The molecular formula is C12H20O2. The van der Waals surface area contributed by atoms with Gasteiger partial charge in [0.05, 0.1) is 6.42 Å². The Labute approximate surface area is 86.0 Å². The van der Waals surface area contributed by atoms with Gasteiger partial charge in [0, 0.05) is 5.41 Å². The maximum atomic E-state index is 11.3. The summed E-state index contributed by atoms with van der Waals surface area (Å²) in [6, 6.07) is 0. The van der Waals surface area contributed by atoms with Crippen LogP contribution in [0.3, 0.4) is 0 Å². The highest BCUT2D eigenvalue weighted by molar-refractivity contribution is 5.73. The summed E-state index contributed by atoms with van der Waals surface area (Å²) in [5.74, 6) is 1.49. The SMILES string of the molecule is CC(C)[C@@H]1CC[C@]2(C)CC(=O)O[C@@H]2C1. The average molecular weight is 196 g/mol. The van der Waals surface area contributed by atoms with Crippen LogP contribution >= 0.6 is 0 Å². The highest BCUT2D eigenvalue weighted by Gasteiger charge is 2.48. The third-order valence-corrected chi connectivity index (χ3v) is 4.15. The number of esters is 1. The number of hydrogen-bond donors (Lipinski definition) is 0. The van der Waals surface area contributed by atoms with Crippen molar-refractivity contribution in [2.75, 3.05) is 0 Å². The Balaban J connectivity index is 2.08. The Morgan fingerprint density at radius 1 is 1.50 bits per heavy atom.